The zero-order valence-electron chi connectivity index (χ0n) is 16.5. The first kappa shape index (κ1) is 21.6. The van der Waals surface area contributed by atoms with Crippen LogP contribution in [-0.4, -0.2) is 37.5 Å². The average Bonchev–Trinajstić information content (AvgIpc) is 2.70. The van der Waals surface area contributed by atoms with Gasteiger partial charge in [0, 0.05) is 17.8 Å². The summed E-state index contributed by atoms with van der Waals surface area (Å²) in [6, 6.07) is 16.1. The molecular formula is C22H23N3O4. The Hall–Kier alpha value is -3.66. The van der Waals surface area contributed by atoms with E-state index in [1.54, 1.807) is 30.3 Å². The van der Waals surface area contributed by atoms with Gasteiger partial charge in [0.05, 0.1) is 12.5 Å². The standard InChI is InChI=1S/C22H23N3O4/c1-16-11-17(2)13-19(12-16)25(10-6-9-23)20(26)15-29-21(27)14-24-22(28)18-7-4-3-5-8-18/h3-5,7-8,11-13H,6,10,14-15H2,1-2H3,(H,24,28). The Labute approximate surface area is 169 Å². The number of nitrogens with one attached hydrogen (secondary N) is 1. The molecule has 0 atom stereocenters. The van der Waals surface area contributed by atoms with Crippen LogP contribution >= 0.6 is 0 Å². The summed E-state index contributed by atoms with van der Waals surface area (Å²) in [7, 11) is 0. The molecule has 7 heteroatoms. The summed E-state index contributed by atoms with van der Waals surface area (Å²) in [5.74, 6) is -1.56. The lowest BCUT2D eigenvalue weighted by molar-refractivity contribution is -0.146. The number of nitriles is 1. The Morgan fingerprint density at radius 3 is 2.34 bits per heavy atom. The van der Waals surface area contributed by atoms with E-state index in [1.807, 2.05) is 38.1 Å². The maximum atomic E-state index is 12.6. The van der Waals surface area contributed by atoms with E-state index in [0.29, 0.717) is 11.3 Å². The average molecular weight is 393 g/mol. The molecule has 0 radical (unpaired) electrons. The number of carbonyl (C=O) groups is 3. The topological polar surface area (TPSA) is 99.5 Å². The van der Waals surface area contributed by atoms with E-state index in [-0.39, 0.29) is 19.5 Å². The summed E-state index contributed by atoms with van der Waals surface area (Å²) >= 11 is 0. The number of nitrogens with zero attached hydrogens (tertiary/aromatic N) is 2. The Morgan fingerprint density at radius 1 is 1.07 bits per heavy atom. The van der Waals surface area contributed by atoms with Crippen molar-refractivity contribution in [2.75, 3.05) is 24.6 Å². The minimum absolute atomic E-state index is 0.153. The van der Waals surface area contributed by atoms with Gasteiger partial charge in [0.25, 0.3) is 11.8 Å². The van der Waals surface area contributed by atoms with E-state index in [0.717, 1.165) is 11.1 Å². The number of carbonyl (C=O) groups excluding carboxylic acids is 3. The van der Waals surface area contributed by atoms with Crippen LogP contribution in [0.15, 0.2) is 48.5 Å². The van der Waals surface area contributed by atoms with Crippen LogP contribution < -0.4 is 10.2 Å². The van der Waals surface area contributed by atoms with Crippen molar-refractivity contribution >= 4 is 23.5 Å². The van der Waals surface area contributed by atoms with Gasteiger partial charge in [-0.05, 0) is 49.2 Å². The smallest absolute Gasteiger partial charge is 0.325 e. The molecule has 0 saturated carbocycles. The predicted octanol–water partition coefficient (Wildman–Crippen LogP) is 2.52. The molecule has 0 aliphatic rings. The molecule has 0 bridgehead atoms. The van der Waals surface area contributed by atoms with Crippen molar-refractivity contribution in [3.63, 3.8) is 0 Å². The second-order valence-corrected chi connectivity index (χ2v) is 6.51. The molecule has 0 aliphatic heterocycles. The summed E-state index contributed by atoms with van der Waals surface area (Å²) in [5, 5.41) is 11.3. The van der Waals surface area contributed by atoms with Gasteiger partial charge in [0.2, 0.25) is 0 Å². The summed E-state index contributed by atoms with van der Waals surface area (Å²) in [5.41, 5.74) is 3.04. The van der Waals surface area contributed by atoms with Crippen molar-refractivity contribution in [3.8, 4) is 6.07 Å². The number of esters is 1. The molecule has 2 aromatic rings. The predicted molar refractivity (Wildman–Crippen MR) is 108 cm³/mol. The number of aryl methyl sites for hydroxylation is 2. The molecule has 0 aliphatic carbocycles. The van der Waals surface area contributed by atoms with Crippen molar-refractivity contribution in [2.24, 2.45) is 0 Å². The third kappa shape index (κ3) is 6.78. The lowest BCUT2D eigenvalue weighted by Crippen LogP contribution is -2.37. The van der Waals surface area contributed by atoms with Crippen LogP contribution in [0.4, 0.5) is 5.69 Å². The number of amides is 2. The fraction of sp³-hybridized carbons (Fsp3) is 0.273. The highest BCUT2D eigenvalue weighted by molar-refractivity contribution is 5.97. The molecular weight excluding hydrogens is 370 g/mol. The van der Waals surface area contributed by atoms with Crippen molar-refractivity contribution in [2.45, 2.75) is 20.3 Å². The molecule has 150 valence electrons. The Morgan fingerprint density at radius 2 is 1.72 bits per heavy atom. The number of ether oxygens (including phenoxy) is 1. The Bertz CT molecular complexity index is 899. The van der Waals surface area contributed by atoms with Gasteiger partial charge in [0.1, 0.15) is 6.54 Å². The highest BCUT2D eigenvalue weighted by Crippen LogP contribution is 2.19. The van der Waals surface area contributed by atoms with Gasteiger partial charge in [-0.1, -0.05) is 24.3 Å². The molecule has 0 heterocycles. The van der Waals surface area contributed by atoms with Gasteiger partial charge in [0.15, 0.2) is 6.61 Å². The number of rotatable bonds is 8. The lowest BCUT2D eigenvalue weighted by Gasteiger charge is -2.22. The SMILES string of the molecule is Cc1cc(C)cc(N(CCC#N)C(=O)COC(=O)CNC(=O)c2ccccc2)c1. The molecule has 1 N–H and O–H groups in total. The minimum atomic E-state index is -0.719. The number of hydrogen-bond donors (Lipinski definition) is 1. The highest BCUT2D eigenvalue weighted by Gasteiger charge is 2.18. The van der Waals surface area contributed by atoms with Crippen LogP contribution in [0.1, 0.15) is 27.9 Å². The molecule has 0 saturated heterocycles. The zero-order chi connectivity index (χ0) is 21.2. The minimum Gasteiger partial charge on any atom is -0.454 e. The molecule has 7 nitrogen and oxygen atoms in total. The second kappa shape index (κ2) is 10.6. The first-order valence-corrected chi connectivity index (χ1v) is 9.15. The summed E-state index contributed by atoms with van der Waals surface area (Å²) in [6.45, 7) is 3.21. The van der Waals surface area contributed by atoms with Gasteiger partial charge in [-0.15, -0.1) is 0 Å². The van der Waals surface area contributed by atoms with E-state index in [4.69, 9.17) is 10.00 Å². The van der Waals surface area contributed by atoms with E-state index in [2.05, 4.69) is 5.32 Å². The maximum absolute atomic E-state index is 12.6. The maximum Gasteiger partial charge on any atom is 0.325 e. The van der Waals surface area contributed by atoms with Gasteiger partial charge in [-0.25, -0.2) is 0 Å². The fourth-order valence-corrected chi connectivity index (χ4v) is 2.78. The molecule has 2 amide bonds. The van der Waals surface area contributed by atoms with Crippen molar-refractivity contribution in [1.29, 1.82) is 5.26 Å². The highest BCUT2D eigenvalue weighted by atomic mass is 16.5. The lowest BCUT2D eigenvalue weighted by atomic mass is 10.1. The third-order valence-electron chi connectivity index (χ3n) is 4.05. The van der Waals surface area contributed by atoms with Crippen LogP contribution in [0.2, 0.25) is 0 Å². The summed E-state index contributed by atoms with van der Waals surface area (Å²) in [4.78, 5) is 37.9. The molecule has 2 rings (SSSR count). The molecule has 0 unspecified atom stereocenters. The molecule has 0 fully saturated rings. The van der Waals surface area contributed by atoms with Gasteiger partial charge < -0.3 is 15.0 Å². The van der Waals surface area contributed by atoms with Crippen LogP contribution in [-0.2, 0) is 14.3 Å². The van der Waals surface area contributed by atoms with Gasteiger partial charge in [-0.2, -0.15) is 5.26 Å². The van der Waals surface area contributed by atoms with Crippen LogP contribution in [0.3, 0.4) is 0 Å². The largest absolute Gasteiger partial charge is 0.454 e. The Balaban J connectivity index is 1.92. The van der Waals surface area contributed by atoms with E-state index >= 15 is 0 Å². The van der Waals surface area contributed by atoms with Gasteiger partial charge >= 0.3 is 5.97 Å². The first-order chi connectivity index (χ1) is 13.9. The van der Waals surface area contributed by atoms with Crippen LogP contribution in [0.25, 0.3) is 0 Å². The summed E-state index contributed by atoms with van der Waals surface area (Å²) < 4.78 is 5.01. The first-order valence-electron chi connectivity index (χ1n) is 9.15. The van der Waals surface area contributed by atoms with Crippen LogP contribution in [0, 0.1) is 25.2 Å². The van der Waals surface area contributed by atoms with E-state index in [1.165, 1.54) is 4.90 Å². The third-order valence-corrected chi connectivity index (χ3v) is 4.05. The molecule has 0 spiro atoms. The quantitative estimate of drug-likeness (QED) is 0.695. The van der Waals surface area contributed by atoms with Crippen molar-refractivity contribution in [3.05, 3.63) is 65.2 Å². The normalized spacial score (nSPS) is 9.97. The van der Waals surface area contributed by atoms with E-state index in [9.17, 15) is 14.4 Å². The molecule has 0 aromatic heterocycles. The zero-order valence-corrected chi connectivity index (χ0v) is 16.5. The number of anilines is 1. The summed E-state index contributed by atoms with van der Waals surface area (Å²) in [6.07, 6.45) is 0.153. The Kier molecular flexibility index (Phi) is 7.92. The van der Waals surface area contributed by atoms with E-state index < -0.39 is 24.4 Å². The van der Waals surface area contributed by atoms with Crippen molar-refractivity contribution < 1.29 is 19.1 Å². The number of benzene rings is 2. The van der Waals surface area contributed by atoms with Gasteiger partial charge in [-0.3, -0.25) is 14.4 Å². The van der Waals surface area contributed by atoms with Crippen LogP contribution in [0.5, 0.6) is 0 Å². The molecule has 2 aromatic carbocycles. The molecule has 29 heavy (non-hydrogen) atoms. The monoisotopic (exact) mass is 393 g/mol. The second-order valence-electron chi connectivity index (χ2n) is 6.51. The van der Waals surface area contributed by atoms with Crippen molar-refractivity contribution in [1.82, 2.24) is 5.32 Å². The number of hydrogen-bond acceptors (Lipinski definition) is 5. The fourth-order valence-electron chi connectivity index (χ4n) is 2.78.